The Morgan fingerprint density at radius 1 is 1.00 bits per heavy atom. The van der Waals surface area contributed by atoms with Crippen LogP contribution in [-0.2, 0) is 0 Å². The van der Waals surface area contributed by atoms with Gasteiger partial charge in [-0.1, -0.05) is 18.2 Å². The Labute approximate surface area is 168 Å². The van der Waals surface area contributed by atoms with Crippen LogP contribution in [0.3, 0.4) is 0 Å². The smallest absolute Gasteiger partial charge is 0.257 e. The number of para-hydroxylation sites is 1. The van der Waals surface area contributed by atoms with E-state index >= 15 is 0 Å². The Bertz CT molecular complexity index is 909. The zero-order valence-corrected chi connectivity index (χ0v) is 16.0. The van der Waals surface area contributed by atoms with Crippen molar-refractivity contribution in [3.63, 3.8) is 0 Å². The van der Waals surface area contributed by atoms with Gasteiger partial charge in [-0.25, -0.2) is 4.98 Å². The molecule has 2 heterocycles. The van der Waals surface area contributed by atoms with Crippen LogP contribution in [0.2, 0.25) is 0 Å². The minimum Gasteiger partial charge on any atom is -0.473 e. The molecule has 3 aromatic rings. The normalized spacial score (nSPS) is 15.8. The van der Waals surface area contributed by atoms with Gasteiger partial charge in [0.1, 0.15) is 17.6 Å². The molecular weight excluding hydrogens is 372 g/mol. The van der Waals surface area contributed by atoms with Gasteiger partial charge in [0.25, 0.3) is 5.91 Å². The summed E-state index contributed by atoms with van der Waals surface area (Å²) in [6.45, 7) is 0. The fourth-order valence-corrected chi connectivity index (χ4v) is 3.89. The van der Waals surface area contributed by atoms with Gasteiger partial charge in [-0.3, -0.25) is 4.79 Å². The number of ether oxygens (including phenoxy) is 2. The van der Waals surface area contributed by atoms with Crippen molar-refractivity contribution in [1.29, 1.82) is 0 Å². The molecule has 0 aliphatic carbocycles. The van der Waals surface area contributed by atoms with Gasteiger partial charge in [-0.2, -0.15) is 11.8 Å². The first kappa shape index (κ1) is 18.4. The van der Waals surface area contributed by atoms with Gasteiger partial charge >= 0.3 is 0 Å². The van der Waals surface area contributed by atoms with Crippen molar-refractivity contribution in [3.05, 3.63) is 78.5 Å². The second-order valence-electron chi connectivity index (χ2n) is 6.38. The number of rotatable bonds is 6. The number of carbonyl (C=O) groups excluding carboxylic acids is 1. The summed E-state index contributed by atoms with van der Waals surface area (Å²) in [6, 6.07) is 20.3. The third-order valence-electron chi connectivity index (χ3n) is 4.26. The quantitative estimate of drug-likeness (QED) is 0.639. The van der Waals surface area contributed by atoms with Crippen LogP contribution in [0.1, 0.15) is 16.8 Å². The molecule has 0 saturated carbocycles. The molecule has 1 saturated heterocycles. The molecule has 4 rings (SSSR count). The molecule has 1 unspecified atom stereocenters. The van der Waals surface area contributed by atoms with Gasteiger partial charge < -0.3 is 14.8 Å². The Morgan fingerprint density at radius 3 is 2.46 bits per heavy atom. The van der Waals surface area contributed by atoms with Gasteiger partial charge in [-0.05, 0) is 54.6 Å². The standard InChI is InChI=1S/C22H20N2O3S/c25-22(16-6-11-21(23-14-16)27-20-12-13-28-15-20)24-17-7-9-19(10-8-17)26-18-4-2-1-3-5-18/h1-11,14,20H,12-13,15H2,(H,24,25). The summed E-state index contributed by atoms with van der Waals surface area (Å²) in [4.78, 5) is 16.7. The Morgan fingerprint density at radius 2 is 1.79 bits per heavy atom. The molecule has 1 atom stereocenters. The lowest BCUT2D eigenvalue weighted by atomic mass is 10.2. The fourth-order valence-electron chi connectivity index (χ4n) is 2.80. The first-order chi connectivity index (χ1) is 13.8. The van der Waals surface area contributed by atoms with E-state index in [-0.39, 0.29) is 12.0 Å². The third kappa shape index (κ3) is 4.84. The summed E-state index contributed by atoms with van der Waals surface area (Å²) in [6.07, 6.45) is 2.80. The molecule has 1 aliphatic heterocycles. The second-order valence-corrected chi connectivity index (χ2v) is 7.53. The SMILES string of the molecule is O=C(Nc1ccc(Oc2ccccc2)cc1)c1ccc(OC2CCSC2)nc1. The molecule has 1 amide bonds. The number of nitrogens with one attached hydrogen (secondary N) is 1. The van der Waals surface area contributed by atoms with E-state index in [1.165, 1.54) is 0 Å². The first-order valence-corrected chi connectivity index (χ1v) is 10.3. The summed E-state index contributed by atoms with van der Waals surface area (Å²) < 4.78 is 11.6. The van der Waals surface area contributed by atoms with Crippen molar-refractivity contribution in [2.75, 3.05) is 16.8 Å². The number of thioether (sulfide) groups is 1. The number of anilines is 1. The van der Waals surface area contributed by atoms with E-state index in [4.69, 9.17) is 9.47 Å². The second kappa shape index (κ2) is 8.80. The number of aromatic nitrogens is 1. The van der Waals surface area contributed by atoms with Gasteiger partial charge in [-0.15, -0.1) is 0 Å². The van der Waals surface area contributed by atoms with E-state index in [1.54, 1.807) is 30.5 Å². The van der Waals surface area contributed by atoms with Crippen molar-refractivity contribution in [3.8, 4) is 17.4 Å². The Kier molecular flexibility index (Phi) is 5.77. The maximum Gasteiger partial charge on any atom is 0.257 e. The highest BCUT2D eigenvalue weighted by atomic mass is 32.2. The highest BCUT2D eigenvalue weighted by Gasteiger charge is 2.17. The number of pyridine rings is 1. The maximum absolute atomic E-state index is 12.4. The van der Waals surface area contributed by atoms with Crippen LogP contribution >= 0.6 is 11.8 Å². The molecule has 6 heteroatoms. The van der Waals surface area contributed by atoms with Crippen LogP contribution in [0.4, 0.5) is 5.69 Å². The summed E-state index contributed by atoms with van der Waals surface area (Å²) in [5.41, 5.74) is 1.17. The number of hydrogen-bond acceptors (Lipinski definition) is 5. The van der Waals surface area contributed by atoms with Crippen LogP contribution in [0.15, 0.2) is 72.9 Å². The molecule has 5 nitrogen and oxygen atoms in total. The number of amides is 1. The summed E-state index contributed by atoms with van der Waals surface area (Å²) in [7, 11) is 0. The van der Waals surface area contributed by atoms with E-state index < -0.39 is 0 Å². The monoisotopic (exact) mass is 392 g/mol. The molecule has 2 aromatic carbocycles. The highest BCUT2D eigenvalue weighted by molar-refractivity contribution is 7.99. The van der Waals surface area contributed by atoms with E-state index in [9.17, 15) is 4.79 Å². The third-order valence-corrected chi connectivity index (χ3v) is 5.40. The molecule has 1 N–H and O–H groups in total. The van der Waals surface area contributed by atoms with Gasteiger partial charge in [0.2, 0.25) is 5.88 Å². The van der Waals surface area contributed by atoms with Crippen LogP contribution < -0.4 is 14.8 Å². The predicted molar refractivity (Wildman–Crippen MR) is 112 cm³/mol. The van der Waals surface area contributed by atoms with Crippen molar-refractivity contribution in [1.82, 2.24) is 4.98 Å². The number of benzene rings is 2. The average molecular weight is 392 g/mol. The Balaban J connectivity index is 1.33. The Hall–Kier alpha value is -2.99. The molecule has 142 valence electrons. The zero-order valence-electron chi connectivity index (χ0n) is 15.2. The average Bonchev–Trinajstić information content (AvgIpc) is 3.24. The first-order valence-electron chi connectivity index (χ1n) is 9.11. The largest absolute Gasteiger partial charge is 0.473 e. The predicted octanol–water partition coefficient (Wildman–Crippen LogP) is 5.01. The lowest BCUT2D eigenvalue weighted by Gasteiger charge is -2.11. The van der Waals surface area contributed by atoms with E-state index in [1.807, 2.05) is 54.2 Å². The van der Waals surface area contributed by atoms with Crippen LogP contribution in [0.5, 0.6) is 17.4 Å². The number of hydrogen-bond donors (Lipinski definition) is 1. The molecule has 1 aliphatic rings. The fraction of sp³-hybridized carbons (Fsp3) is 0.182. The topological polar surface area (TPSA) is 60.5 Å². The van der Waals surface area contributed by atoms with Gasteiger partial charge in [0, 0.05) is 23.7 Å². The molecule has 1 fully saturated rings. The van der Waals surface area contributed by atoms with Crippen LogP contribution in [0.25, 0.3) is 0 Å². The molecule has 0 bridgehead atoms. The molecular formula is C22H20N2O3S. The van der Waals surface area contributed by atoms with Crippen LogP contribution in [-0.4, -0.2) is 28.5 Å². The van der Waals surface area contributed by atoms with Crippen molar-refractivity contribution in [2.45, 2.75) is 12.5 Å². The van der Waals surface area contributed by atoms with Crippen molar-refractivity contribution >= 4 is 23.4 Å². The van der Waals surface area contributed by atoms with E-state index in [2.05, 4.69) is 10.3 Å². The van der Waals surface area contributed by atoms with Gasteiger partial charge in [0.15, 0.2) is 0 Å². The molecule has 28 heavy (non-hydrogen) atoms. The van der Waals surface area contributed by atoms with Gasteiger partial charge in [0.05, 0.1) is 5.56 Å². The number of carbonyl (C=O) groups is 1. The molecule has 0 radical (unpaired) electrons. The summed E-state index contributed by atoms with van der Waals surface area (Å²) in [5, 5.41) is 2.86. The molecule has 1 aromatic heterocycles. The van der Waals surface area contributed by atoms with Crippen molar-refractivity contribution in [2.24, 2.45) is 0 Å². The minimum atomic E-state index is -0.216. The van der Waals surface area contributed by atoms with Crippen LogP contribution in [0, 0.1) is 0 Å². The highest BCUT2D eigenvalue weighted by Crippen LogP contribution is 2.24. The van der Waals surface area contributed by atoms with E-state index in [0.717, 1.165) is 23.7 Å². The van der Waals surface area contributed by atoms with Crippen molar-refractivity contribution < 1.29 is 14.3 Å². The maximum atomic E-state index is 12.4. The minimum absolute atomic E-state index is 0.216. The molecule has 0 spiro atoms. The lowest BCUT2D eigenvalue weighted by Crippen LogP contribution is -2.16. The van der Waals surface area contributed by atoms with E-state index in [0.29, 0.717) is 22.9 Å². The zero-order chi connectivity index (χ0) is 19.2. The summed E-state index contributed by atoms with van der Waals surface area (Å²) >= 11 is 1.89. The number of nitrogens with zero attached hydrogens (tertiary/aromatic N) is 1. The summed E-state index contributed by atoms with van der Waals surface area (Å²) in [5.74, 6) is 3.94. The lowest BCUT2D eigenvalue weighted by molar-refractivity contribution is 0.102.